The first kappa shape index (κ1) is 22.5. The standard InChI is InChI=1S/C21H25N7O6/c22-18-15-19(27(8-24-15)20-17(31)16(30)14(7-29)34-20)25-9-28(18)26-13(21(32)33)5-10-6-23-12-4-2-1-3-11(10)12/h1-4,6,8-9,13-14,16-18,20,23,26,29-31H,5,7,22H2,(H,32,33)/t13-,14+,16?,17?,18?,20+/m1/s1. The normalized spacial score (nSPS) is 27.3. The number of benzene rings is 1. The molecule has 1 saturated heterocycles. The van der Waals surface area contributed by atoms with Crippen molar-refractivity contribution < 1.29 is 30.0 Å². The number of aromatic amines is 1. The zero-order chi connectivity index (χ0) is 24.0. The summed E-state index contributed by atoms with van der Waals surface area (Å²) in [6.07, 6.45) is -0.717. The zero-order valence-corrected chi connectivity index (χ0v) is 17.9. The molecule has 0 bridgehead atoms. The van der Waals surface area contributed by atoms with Gasteiger partial charge in [0.25, 0.3) is 0 Å². The number of imidazole rings is 1. The minimum Gasteiger partial charge on any atom is -0.480 e. The molecule has 0 radical (unpaired) electrons. The average molecular weight is 471 g/mol. The molecule has 1 fully saturated rings. The highest BCUT2D eigenvalue weighted by Crippen LogP contribution is 2.36. The summed E-state index contributed by atoms with van der Waals surface area (Å²) in [7, 11) is 0. The monoisotopic (exact) mass is 471 g/mol. The minimum atomic E-state index is -1.30. The molecule has 13 nitrogen and oxygen atoms in total. The number of hydrazine groups is 1. The van der Waals surface area contributed by atoms with Crippen molar-refractivity contribution in [2.75, 3.05) is 6.61 Å². The number of aliphatic hydroxyl groups is 3. The van der Waals surface area contributed by atoms with E-state index in [0.29, 0.717) is 11.5 Å². The number of aliphatic hydroxyl groups excluding tert-OH is 3. The summed E-state index contributed by atoms with van der Waals surface area (Å²) in [6.45, 7) is -0.459. The molecule has 0 aliphatic carbocycles. The SMILES string of the molecule is NC1c2ncn([C@H]3O[C@@H](CO)C(O)C3O)c2N=CN1N[C@H](Cc1c[nH]c2ccccc12)C(=O)O. The minimum absolute atomic E-state index is 0.195. The number of ether oxygens (including phenoxy) is 1. The third-order valence-electron chi connectivity index (χ3n) is 6.17. The number of para-hydroxylation sites is 1. The Morgan fingerprint density at radius 3 is 2.82 bits per heavy atom. The molecule has 3 aromatic rings. The fraction of sp³-hybridized carbons (Fsp3) is 0.381. The van der Waals surface area contributed by atoms with Gasteiger partial charge in [-0.15, -0.1) is 0 Å². The summed E-state index contributed by atoms with van der Waals surface area (Å²) in [5.74, 6) is -0.766. The van der Waals surface area contributed by atoms with E-state index in [1.54, 1.807) is 6.20 Å². The van der Waals surface area contributed by atoms with Crippen LogP contribution < -0.4 is 11.2 Å². The van der Waals surface area contributed by atoms with Gasteiger partial charge in [0.05, 0.1) is 12.9 Å². The molecule has 0 saturated carbocycles. The first-order valence-corrected chi connectivity index (χ1v) is 10.7. The summed E-state index contributed by atoms with van der Waals surface area (Å²) < 4.78 is 6.97. The van der Waals surface area contributed by atoms with Crippen LogP contribution in [0.1, 0.15) is 23.7 Å². The third-order valence-corrected chi connectivity index (χ3v) is 6.17. The van der Waals surface area contributed by atoms with Crippen molar-refractivity contribution in [2.24, 2.45) is 10.7 Å². The zero-order valence-electron chi connectivity index (χ0n) is 17.9. The number of H-pyrrole nitrogens is 1. The number of nitrogens with zero attached hydrogens (tertiary/aromatic N) is 4. The van der Waals surface area contributed by atoms with Gasteiger partial charge in [-0.2, -0.15) is 0 Å². The maximum atomic E-state index is 12.0. The molecule has 2 aliphatic heterocycles. The fourth-order valence-corrected chi connectivity index (χ4v) is 4.33. The van der Waals surface area contributed by atoms with E-state index < -0.39 is 49.3 Å². The van der Waals surface area contributed by atoms with E-state index in [2.05, 4.69) is 20.4 Å². The van der Waals surface area contributed by atoms with Crippen molar-refractivity contribution in [1.82, 2.24) is 25.0 Å². The number of nitrogens with one attached hydrogen (secondary N) is 2. The van der Waals surface area contributed by atoms with Crippen molar-refractivity contribution in [2.45, 2.75) is 43.2 Å². The highest BCUT2D eigenvalue weighted by atomic mass is 16.6. The van der Waals surface area contributed by atoms with Crippen LogP contribution in [0.2, 0.25) is 0 Å². The number of fused-ring (bicyclic) bond motifs is 2. The van der Waals surface area contributed by atoms with Crippen LogP contribution in [0.5, 0.6) is 0 Å². The number of carbonyl (C=O) groups is 1. The molecule has 4 heterocycles. The molecular formula is C21H25N7O6. The van der Waals surface area contributed by atoms with Crippen LogP contribution in [0.15, 0.2) is 41.8 Å². The summed E-state index contributed by atoms with van der Waals surface area (Å²) >= 11 is 0. The van der Waals surface area contributed by atoms with Gasteiger partial charge in [-0.3, -0.25) is 14.4 Å². The topological polar surface area (TPSA) is 194 Å². The van der Waals surface area contributed by atoms with Crippen LogP contribution in [0.3, 0.4) is 0 Å². The largest absolute Gasteiger partial charge is 0.480 e. The van der Waals surface area contributed by atoms with Gasteiger partial charge < -0.3 is 35.9 Å². The lowest BCUT2D eigenvalue weighted by Crippen LogP contribution is -2.53. The van der Waals surface area contributed by atoms with Gasteiger partial charge in [-0.05, 0) is 11.6 Å². The second kappa shape index (κ2) is 8.79. The van der Waals surface area contributed by atoms with Crippen LogP contribution in [-0.2, 0) is 16.0 Å². The van der Waals surface area contributed by atoms with E-state index in [-0.39, 0.29) is 6.42 Å². The summed E-state index contributed by atoms with van der Waals surface area (Å²) in [6, 6.07) is 6.63. The average Bonchev–Trinajstić information content (AvgIpc) is 3.52. The summed E-state index contributed by atoms with van der Waals surface area (Å²) in [5, 5.41) is 41.8. The summed E-state index contributed by atoms with van der Waals surface area (Å²) in [4.78, 5) is 23.7. The van der Waals surface area contributed by atoms with Crippen molar-refractivity contribution in [3.63, 3.8) is 0 Å². The number of aliphatic imine (C=N–C) groups is 1. The van der Waals surface area contributed by atoms with Gasteiger partial charge in [0.1, 0.15) is 42.6 Å². The fourth-order valence-electron chi connectivity index (χ4n) is 4.33. The van der Waals surface area contributed by atoms with Crippen LogP contribution in [0.25, 0.3) is 10.9 Å². The Balaban J connectivity index is 1.35. The van der Waals surface area contributed by atoms with Crippen LogP contribution in [0, 0.1) is 0 Å². The van der Waals surface area contributed by atoms with Crippen LogP contribution in [0.4, 0.5) is 5.82 Å². The number of hydrogen-bond acceptors (Lipinski definition) is 10. The first-order valence-electron chi connectivity index (χ1n) is 10.7. The lowest BCUT2D eigenvalue weighted by atomic mass is 10.1. The molecule has 180 valence electrons. The highest BCUT2D eigenvalue weighted by Gasteiger charge is 2.45. The van der Waals surface area contributed by atoms with E-state index >= 15 is 0 Å². The summed E-state index contributed by atoms with van der Waals surface area (Å²) in [5.41, 5.74) is 11.3. The van der Waals surface area contributed by atoms with Gasteiger partial charge in [-0.1, -0.05) is 18.2 Å². The quantitative estimate of drug-likeness (QED) is 0.227. The number of nitrogens with two attached hydrogens (primary N) is 1. The molecule has 0 spiro atoms. The molecule has 3 unspecified atom stereocenters. The second-order valence-corrected chi connectivity index (χ2v) is 8.27. The van der Waals surface area contributed by atoms with E-state index in [1.165, 1.54) is 22.2 Å². The molecule has 34 heavy (non-hydrogen) atoms. The van der Waals surface area contributed by atoms with Gasteiger partial charge in [-0.25, -0.2) is 15.4 Å². The lowest BCUT2D eigenvalue weighted by molar-refractivity contribution is -0.140. The molecule has 2 aromatic heterocycles. The van der Waals surface area contributed by atoms with E-state index in [1.807, 2.05) is 24.3 Å². The molecule has 6 atom stereocenters. The Labute approximate surface area is 193 Å². The highest BCUT2D eigenvalue weighted by molar-refractivity contribution is 5.84. The predicted molar refractivity (Wildman–Crippen MR) is 119 cm³/mol. The molecule has 5 rings (SSSR count). The molecule has 1 aromatic carbocycles. The van der Waals surface area contributed by atoms with Crippen molar-refractivity contribution in [3.05, 3.63) is 48.0 Å². The third kappa shape index (κ3) is 3.73. The molecule has 8 N–H and O–H groups in total. The second-order valence-electron chi connectivity index (χ2n) is 8.27. The van der Waals surface area contributed by atoms with Crippen molar-refractivity contribution in [1.29, 1.82) is 0 Å². The van der Waals surface area contributed by atoms with Gasteiger partial charge in [0, 0.05) is 23.5 Å². The number of hydrogen-bond donors (Lipinski definition) is 7. The van der Waals surface area contributed by atoms with E-state index in [9.17, 15) is 25.2 Å². The van der Waals surface area contributed by atoms with Crippen LogP contribution >= 0.6 is 0 Å². The molecular weight excluding hydrogens is 446 g/mol. The van der Waals surface area contributed by atoms with Gasteiger partial charge in [0.2, 0.25) is 0 Å². The smallest absolute Gasteiger partial charge is 0.322 e. The van der Waals surface area contributed by atoms with Crippen LogP contribution in [-0.4, -0.2) is 83.2 Å². The number of rotatable bonds is 7. The van der Waals surface area contributed by atoms with Crippen molar-refractivity contribution in [3.8, 4) is 0 Å². The number of aliphatic carboxylic acids is 1. The maximum Gasteiger partial charge on any atom is 0.322 e. The number of aromatic nitrogens is 3. The maximum absolute atomic E-state index is 12.0. The van der Waals surface area contributed by atoms with Gasteiger partial charge >= 0.3 is 5.97 Å². The Bertz CT molecular complexity index is 1230. The lowest BCUT2D eigenvalue weighted by Gasteiger charge is -2.32. The van der Waals surface area contributed by atoms with E-state index in [4.69, 9.17) is 10.5 Å². The predicted octanol–water partition coefficient (Wildman–Crippen LogP) is -0.891. The molecule has 2 aliphatic rings. The van der Waals surface area contributed by atoms with Crippen molar-refractivity contribution >= 4 is 29.0 Å². The Morgan fingerprint density at radius 2 is 2.09 bits per heavy atom. The Kier molecular flexibility index (Phi) is 5.81. The Morgan fingerprint density at radius 1 is 1.29 bits per heavy atom. The molecule has 13 heteroatoms. The van der Waals surface area contributed by atoms with Gasteiger partial charge in [0.15, 0.2) is 12.0 Å². The molecule has 0 amide bonds. The Hall–Kier alpha value is -3.33. The first-order chi connectivity index (χ1) is 16.4. The number of carboxylic acid groups (broad SMARTS) is 1. The number of carboxylic acids is 1. The van der Waals surface area contributed by atoms with E-state index in [0.717, 1.165) is 16.5 Å².